The largest absolute Gasteiger partial charge is 0.497 e. The Morgan fingerprint density at radius 2 is 2.00 bits per heavy atom. The third-order valence-electron chi connectivity index (χ3n) is 5.87. The van der Waals surface area contributed by atoms with Crippen molar-refractivity contribution in [3.63, 3.8) is 0 Å². The minimum atomic E-state index is -0.0501. The van der Waals surface area contributed by atoms with Gasteiger partial charge in [-0.2, -0.15) is 0 Å². The molecular formula is C21H28N4O2S. The molecule has 7 heteroatoms. The second kappa shape index (κ2) is 8.90. The van der Waals surface area contributed by atoms with E-state index in [-0.39, 0.29) is 6.03 Å². The van der Waals surface area contributed by atoms with Crippen molar-refractivity contribution in [3.8, 4) is 5.75 Å². The van der Waals surface area contributed by atoms with Crippen molar-refractivity contribution in [2.24, 2.45) is 5.92 Å². The number of anilines is 1. The lowest BCUT2D eigenvalue weighted by Gasteiger charge is -2.31. The van der Waals surface area contributed by atoms with Crippen LogP contribution in [0.2, 0.25) is 0 Å². The van der Waals surface area contributed by atoms with Crippen LogP contribution >= 0.6 is 11.3 Å². The van der Waals surface area contributed by atoms with Gasteiger partial charge in [-0.15, -0.1) is 21.5 Å². The zero-order valence-corrected chi connectivity index (χ0v) is 17.2. The lowest BCUT2D eigenvalue weighted by atomic mass is 9.98. The Bertz CT molecular complexity index is 795. The maximum absolute atomic E-state index is 12.6. The van der Waals surface area contributed by atoms with E-state index in [1.54, 1.807) is 18.4 Å². The molecule has 1 saturated heterocycles. The van der Waals surface area contributed by atoms with E-state index < -0.39 is 0 Å². The molecule has 1 aliphatic carbocycles. The Labute approximate surface area is 170 Å². The molecule has 28 heavy (non-hydrogen) atoms. The number of urea groups is 1. The van der Waals surface area contributed by atoms with Gasteiger partial charge in [-0.05, 0) is 30.9 Å². The number of piperidine rings is 1. The second-order valence-electron chi connectivity index (χ2n) is 7.81. The zero-order valence-electron chi connectivity index (χ0n) is 16.4. The highest BCUT2D eigenvalue weighted by atomic mass is 32.1. The quantitative estimate of drug-likeness (QED) is 0.790. The van der Waals surface area contributed by atoms with E-state index in [9.17, 15) is 4.79 Å². The number of methoxy groups -OCH3 is 1. The number of aromatic nitrogens is 2. The molecule has 1 N–H and O–H groups in total. The highest BCUT2D eigenvalue weighted by molar-refractivity contribution is 7.11. The van der Waals surface area contributed by atoms with E-state index in [0.29, 0.717) is 5.92 Å². The Kier molecular flexibility index (Phi) is 6.10. The summed E-state index contributed by atoms with van der Waals surface area (Å²) in [5, 5.41) is 14.2. The predicted octanol–water partition coefficient (Wildman–Crippen LogP) is 4.69. The first-order valence-electron chi connectivity index (χ1n) is 10.2. The number of nitrogens with one attached hydrogen (secondary N) is 1. The van der Waals surface area contributed by atoms with Crippen molar-refractivity contribution in [2.45, 2.75) is 50.9 Å². The van der Waals surface area contributed by atoms with Crippen molar-refractivity contribution < 1.29 is 9.53 Å². The number of benzene rings is 1. The summed E-state index contributed by atoms with van der Waals surface area (Å²) < 4.78 is 5.21. The van der Waals surface area contributed by atoms with Crippen LogP contribution < -0.4 is 10.1 Å². The first kappa shape index (κ1) is 19.2. The topological polar surface area (TPSA) is 67.3 Å². The van der Waals surface area contributed by atoms with Gasteiger partial charge in [0, 0.05) is 37.2 Å². The van der Waals surface area contributed by atoms with Crippen LogP contribution in [0.15, 0.2) is 24.3 Å². The molecule has 0 radical (unpaired) electrons. The molecule has 2 amide bonds. The predicted molar refractivity (Wildman–Crippen MR) is 111 cm³/mol. The summed E-state index contributed by atoms with van der Waals surface area (Å²) in [6, 6.07) is 7.40. The van der Waals surface area contributed by atoms with Crippen LogP contribution in [-0.4, -0.2) is 41.3 Å². The Morgan fingerprint density at radius 3 is 2.75 bits per heavy atom. The molecule has 0 unspecified atom stereocenters. The summed E-state index contributed by atoms with van der Waals surface area (Å²) in [4.78, 5) is 14.4. The van der Waals surface area contributed by atoms with E-state index in [2.05, 4.69) is 15.5 Å². The summed E-state index contributed by atoms with van der Waals surface area (Å²) in [7, 11) is 1.62. The fourth-order valence-electron chi connectivity index (χ4n) is 4.21. The van der Waals surface area contributed by atoms with Crippen molar-refractivity contribution in [1.29, 1.82) is 0 Å². The SMILES string of the molecule is COc1cccc(NC(=O)N2CCC(c3nnc(CC4CCCC4)s3)CC2)c1. The van der Waals surface area contributed by atoms with Gasteiger partial charge in [0.15, 0.2) is 0 Å². The normalized spacial score (nSPS) is 18.4. The molecule has 150 valence electrons. The zero-order chi connectivity index (χ0) is 19.3. The summed E-state index contributed by atoms with van der Waals surface area (Å²) in [5.74, 6) is 1.97. The van der Waals surface area contributed by atoms with Gasteiger partial charge in [-0.1, -0.05) is 31.7 Å². The lowest BCUT2D eigenvalue weighted by molar-refractivity contribution is 0.194. The van der Waals surface area contributed by atoms with E-state index >= 15 is 0 Å². The number of carbonyl (C=O) groups excluding carboxylic acids is 1. The Morgan fingerprint density at radius 1 is 1.21 bits per heavy atom. The maximum atomic E-state index is 12.6. The number of carbonyl (C=O) groups is 1. The van der Waals surface area contributed by atoms with E-state index in [1.165, 1.54) is 30.7 Å². The van der Waals surface area contributed by atoms with Gasteiger partial charge < -0.3 is 15.0 Å². The highest BCUT2D eigenvalue weighted by Gasteiger charge is 2.27. The van der Waals surface area contributed by atoms with E-state index in [1.807, 2.05) is 29.2 Å². The van der Waals surface area contributed by atoms with Crippen LogP contribution in [0.5, 0.6) is 5.75 Å². The number of hydrogen-bond donors (Lipinski definition) is 1. The molecule has 1 aromatic heterocycles. The van der Waals surface area contributed by atoms with Crippen molar-refractivity contribution in [3.05, 3.63) is 34.3 Å². The maximum Gasteiger partial charge on any atom is 0.321 e. The molecule has 1 aromatic carbocycles. The number of nitrogens with zero attached hydrogens (tertiary/aromatic N) is 3. The molecule has 1 saturated carbocycles. The fourth-order valence-corrected chi connectivity index (χ4v) is 5.33. The summed E-state index contributed by atoms with van der Waals surface area (Å²) in [6.07, 6.45) is 8.41. The van der Waals surface area contributed by atoms with Crippen molar-refractivity contribution in [2.75, 3.05) is 25.5 Å². The molecule has 0 bridgehead atoms. The van der Waals surface area contributed by atoms with Crippen LogP contribution in [0, 0.1) is 5.92 Å². The third-order valence-corrected chi connectivity index (χ3v) is 6.98. The Hall–Kier alpha value is -2.15. The molecule has 2 fully saturated rings. The molecular weight excluding hydrogens is 372 g/mol. The summed E-state index contributed by atoms with van der Waals surface area (Å²) >= 11 is 1.79. The minimum absolute atomic E-state index is 0.0501. The molecule has 0 atom stereocenters. The van der Waals surface area contributed by atoms with Crippen molar-refractivity contribution in [1.82, 2.24) is 15.1 Å². The van der Waals surface area contributed by atoms with Gasteiger partial charge in [0.05, 0.1) is 7.11 Å². The molecule has 0 spiro atoms. The summed E-state index contributed by atoms with van der Waals surface area (Å²) in [5.41, 5.74) is 0.757. The van der Waals surface area contributed by atoms with Crippen molar-refractivity contribution >= 4 is 23.1 Å². The monoisotopic (exact) mass is 400 g/mol. The van der Waals surface area contributed by atoms with Gasteiger partial charge in [-0.25, -0.2) is 4.79 Å². The Balaban J connectivity index is 1.28. The smallest absolute Gasteiger partial charge is 0.321 e. The first-order valence-corrected chi connectivity index (χ1v) is 11.0. The molecule has 6 nitrogen and oxygen atoms in total. The molecule has 2 heterocycles. The van der Waals surface area contributed by atoms with Crippen LogP contribution in [-0.2, 0) is 6.42 Å². The van der Waals surface area contributed by atoms with Crippen LogP contribution in [0.1, 0.15) is 54.5 Å². The van der Waals surface area contributed by atoms with E-state index in [4.69, 9.17) is 4.74 Å². The van der Waals surface area contributed by atoms with Gasteiger partial charge in [0.2, 0.25) is 0 Å². The lowest BCUT2D eigenvalue weighted by Crippen LogP contribution is -2.40. The van der Waals surface area contributed by atoms with Gasteiger partial charge >= 0.3 is 6.03 Å². The van der Waals surface area contributed by atoms with Crippen LogP contribution in [0.4, 0.5) is 10.5 Å². The highest BCUT2D eigenvalue weighted by Crippen LogP contribution is 2.33. The second-order valence-corrected chi connectivity index (χ2v) is 8.91. The number of hydrogen-bond acceptors (Lipinski definition) is 5. The first-order chi connectivity index (χ1) is 13.7. The average molecular weight is 401 g/mol. The standard InChI is InChI=1S/C21H28N4O2S/c1-27-18-8-4-7-17(14-18)22-21(26)25-11-9-16(10-12-25)20-24-23-19(28-20)13-15-5-2-3-6-15/h4,7-8,14-16H,2-3,5-6,9-13H2,1H3,(H,22,26). The van der Waals surface area contributed by atoms with Gasteiger partial charge in [-0.3, -0.25) is 0 Å². The average Bonchev–Trinajstić information content (AvgIpc) is 3.41. The third kappa shape index (κ3) is 4.63. The summed E-state index contributed by atoms with van der Waals surface area (Å²) in [6.45, 7) is 1.50. The number of amides is 2. The number of likely N-dealkylation sites (tertiary alicyclic amines) is 1. The van der Waals surface area contributed by atoms with E-state index in [0.717, 1.165) is 54.7 Å². The number of rotatable bonds is 5. The fraction of sp³-hybridized carbons (Fsp3) is 0.571. The molecule has 4 rings (SSSR count). The molecule has 2 aromatic rings. The minimum Gasteiger partial charge on any atom is -0.497 e. The molecule has 1 aliphatic heterocycles. The van der Waals surface area contributed by atoms with Crippen LogP contribution in [0.3, 0.4) is 0 Å². The molecule has 2 aliphatic rings. The van der Waals surface area contributed by atoms with Gasteiger partial charge in [0.1, 0.15) is 15.8 Å². The number of ether oxygens (including phenoxy) is 1. The van der Waals surface area contributed by atoms with Gasteiger partial charge in [0.25, 0.3) is 0 Å². The van der Waals surface area contributed by atoms with Crippen LogP contribution in [0.25, 0.3) is 0 Å².